The van der Waals surface area contributed by atoms with Crippen molar-refractivity contribution in [3.63, 3.8) is 0 Å². The zero-order valence-electron chi connectivity index (χ0n) is 21.1. The van der Waals surface area contributed by atoms with Gasteiger partial charge in [-0.15, -0.1) is 16.4 Å². The van der Waals surface area contributed by atoms with Crippen LogP contribution in [0.3, 0.4) is 0 Å². The molecule has 10 heteroatoms. The molecule has 38 heavy (non-hydrogen) atoms. The molecular formula is C28H27FN6O2S. The van der Waals surface area contributed by atoms with Gasteiger partial charge in [0.2, 0.25) is 0 Å². The molecule has 2 fully saturated rings. The van der Waals surface area contributed by atoms with Crippen LogP contribution in [0.1, 0.15) is 48.3 Å². The Bertz CT molecular complexity index is 1610. The Morgan fingerprint density at radius 3 is 2.68 bits per heavy atom. The first-order chi connectivity index (χ1) is 18.1. The maximum atomic E-state index is 14.6. The minimum Gasteiger partial charge on any atom is -0.389 e. The number of hydrogen-bond donors (Lipinski definition) is 2. The Labute approximate surface area is 223 Å². The van der Waals surface area contributed by atoms with Gasteiger partial charge in [0.05, 0.1) is 28.1 Å². The van der Waals surface area contributed by atoms with Crippen molar-refractivity contribution >= 4 is 28.3 Å². The van der Waals surface area contributed by atoms with Gasteiger partial charge in [0.15, 0.2) is 0 Å². The fourth-order valence-electron chi connectivity index (χ4n) is 5.77. The van der Waals surface area contributed by atoms with Crippen molar-refractivity contribution in [2.24, 2.45) is 5.73 Å². The molecule has 2 bridgehead atoms. The lowest BCUT2D eigenvalue weighted by Gasteiger charge is -2.22. The number of hydrogen-bond acceptors (Lipinski definition) is 7. The summed E-state index contributed by atoms with van der Waals surface area (Å²) in [5.74, 6) is -0.655. The van der Waals surface area contributed by atoms with Crippen molar-refractivity contribution in [1.82, 2.24) is 19.9 Å². The Hall–Kier alpha value is -3.65. The zero-order valence-corrected chi connectivity index (χ0v) is 21.9. The molecule has 2 aromatic heterocycles. The van der Waals surface area contributed by atoms with Crippen molar-refractivity contribution in [1.29, 1.82) is 5.26 Å². The summed E-state index contributed by atoms with van der Waals surface area (Å²) in [5, 5.41) is 27.9. The number of carbonyl (C=O) groups is 1. The molecule has 4 heterocycles. The topological polar surface area (TPSA) is 121 Å². The number of nitrogens with two attached hydrogens (primary N) is 1. The minimum atomic E-state index is -0.952. The average Bonchev–Trinajstić information content (AvgIpc) is 3.64. The number of nitriles is 1. The highest BCUT2D eigenvalue weighted by Crippen LogP contribution is 2.44. The molecule has 8 nitrogen and oxygen atoms in total. The van der Waals surface area contributed by atoms with Crippen LogP contribution in [0.5, 0.6) is 0 Å². The summed E-state index contributed by atoms with van der Waals surface area (Å²) >= 11 is 1.36. The minimum absolute atomic E-state index is 0.00172. The number of aromatic nitrogens is 3. The summed E-state index contributed by atoms with van der Waals surface area (Å²) in [4.78, 5) is 17.0. The fraction of sp³-hybridized carbons (Fsp3) is 0.357. The standard InChI is InChI=1S/C28H27FN6O2S/c1-28(2,37)14-34-24-7-5-16(10-22(24)32-33-34)26-19(15-3-4-17(13-30)20(29)9-15)12-25(38-26)27(36)35-18-6-8-23(35)21(31)11-18/h3-5,7,9-10,12,18,21,23,37H,6,8,11,14,31H2,1-2H3. The first kappa shape index (κ1) is 24.7. The smallest absolute Gasteiger partial charge is 0.264 e. The SMILES string of the molecule is CC(C)(O)Cn1nnc2cc(-c3sc(C(=O)N4C5CCC4C(N)C5)cc3-c3ccc(C#N)c(F)c3)ccc21. The van der Waals surface area contributed by atoms with Crippen LogP contribution < -0.4 is 5.73 Å². The molecule has 0 radical (unpaired) electrons. The molecule has 0 aliphatic carbocycles. The average molecular weight is 531 g/mol. The second-order valence-corrected chi connectivity index (χ2v) is 11.9. The van der Waals surface area contributed by atoms with Gasteiger partial charge in [-0.25, -0.2) is 9.07 Å². The second-order valence-electron chi connectivity index (χ2n) is 10.8. The zero-order chi connectivity index (χ0) is 26.8. The number of amides is 1. The third-order valence-corrected chi connectivity index (χ3v) is 8.65. The van der Waals surface area contributed by atoms with Crippen molar-refractivity contribution in [2.75, 3.05) is 0 Å². The van der Waals surface area contributed by atoms with E-state index in [2.05, 4.69) is 10.3 Å². The van der Waals surface area contributed by atoms with Crippen LogP contribution in [0.4, 0.5) is 4.39 Å². The van der Waals surface area contributed by atoms with Crippen molar-refractivity contribution in [3.8, 4) is 27.6 Å². The van der Waals surface area contributed by atoms with E-state index in [0.717, 1.165) is 35.2 Å². The predicted octanol–water partition coefficient (Wildman–Crippen LogP) is 4.31. The summed E-state index contributed by atoms with van der Waals surface area (Å²) in [6, 6.07) is 14.1. The van der Waals surface area contributed by atoms with Gasteiger partial charge in [-0.1, -0.05) is 17.3 Å². The van der Waals surface area contributed by atoms with E-state index in [1.54, 1.807) is 24.6 Å². The molecule has 0 spiro atoms. The predicted molar refractivity (Wildman–Crippen MR) is 143 cm³/mol. The van der Waals surface area contributed by atoms with E-state index in [1.807, 2.05) is 35.2 Å². The monoisotopic (exact) mass is 530 g/mol. The fourth-order valence-corrected chi connectivity index (χ4v) is 6.90. The third kappa shape index (κ3) is 4.17. The maximum absolute atomic E-state index is 14.6. The lowest BCUT2D eigenvalue weighted by molar-refractivity contribution is 0.0584. The molecular weight excluding hydrogens is 503 g/mol. The Balaban J connectivity index is 1.45. The third-order valence-electron chi connectivity index (χ3n) is 7.48. The van der Waals surface area contributed by atoms with Gasteiger partial charge >= 0.3 is 0 Å². The van der Waals surface area contributed by atoms with Crippen LogP contribution >= 0.6 is 11.3 Å². The first-order valence-electron chi connectivity index (χ1n) is 12.6. The Kier molecular flexibility index (Phi) is 5.83. The summed E-state index contributed by atoms with van der Waals surface area (Å²) in [6.07, 6.45) is 2.70. The number of halogens is 1. The van der Waals surface area contributed by atoms with Gasteiger partial charge in [0.1, 0.15) is 17.4 Å². The number of rotatable bonds is 5. The number of nitrogens with zero attached hydrogens (tertiary/aromatic N) is 5. The van der Waals surface area contributed by atoms with E-state index in [4.69, 9.17) is 5.73 Å². The van der Waals surface area contributed by atoms with Crippen LogP contribution in [0.25, 0.3) is 32.6 Å². The van der Waals surface area contributed by atoms with Crippen LogP contribution in [0, 0.1) is 17.1 Å². The normalized spacial score (nSPS) is 20.8. The van der Waals surface area contributed by atoms with E-state index in [9.17, 15) is 19.6 Å². The number of aliphatic hydroxyl groups is 1. The second kappa shape index (κ2) is 8.98. The molecule has 3 atom stereocenters. The van der Waals surface area contributed by atoms with Gasteiger partial charge in [-0.2, -0.15) is 5.26 Å². The molecule has 3 N–H and O–H groups in total. The Morgan fingerprint density at radius 2 is 2.03 bits per heavy atom. The summed E-state index contributed by atoms with van der Waals surface area (Å²) in [7, 11) is 0. The molecule has 194 valence electrons. The molecule has 4 aromatic rings. The summed E-state index contributed by atoms with van der Waals surface area (Å²) in [5.41, 5.74) is 8.84. The van der Waals surface area contributed by atoms with Crippen LogP contribution in [-0.2, 0) is 6.54 Å². The lowest BCUT2D eigenvalue weighted by Crippen LogP contribution is -2.40. The molecule has 1 amide bonds. The molecule has 3 unspecified atom stereocenters. The molecule has 6 rings (SSSR count). The quantitative estimate of drug-likeness (QED) is 0.397. The van der Waals surface area contributed by atoms with Gasteiger partial charge < -0.3 is 15.7 Å². The van der Waals surface area contributed by atoms with E-state index in [-0.39, 0.29) is 36.1 Å². The highest BCUT2D eigenvalue weighted by Gasteiger charge is 2.47. The van der Waals surface area contributed by atoms with Crippen LogP contribution in [-0.4, -0.2) is 54.6 Å². The van der Waals surface area contributed by atoms with Crippen LogP contribution in [0.15, 0.2) is 42.5 Å². The van der Waals surface area contributed by atoms with Crippen molar-refractivity contribution in [2.45, 2.75) is 63.4 Å². The molecule has 2 aromatic carbocycles. The number of carbonyl (C=O) groups excluding carboxylic acids is 1. The summed E-state index contributed by atoms with van der Waals surface area (Å²) in [6.45, 7) is 3.71. The van der Waals surface area contributed by atoms with E-state index in [0.29, 0.717) is 21.5 Å². The Morgan fingerprint density at radius 1 is 1.24 bits per heavy atom. The lowest BCUT2D eigenvalue weighted by atomic mass is 9.97. The highest BCUT2D eigenvalue weighted by atomic mass is 32.1. The van der Waals surface area contributed by atoms with Crippen molar-refractivity contribution < 1.29 is 14.3 Å². The van der Waals surface area contributed by atoms with Gasteiger partial charge in [-0.05, 0) is 74.6 Å². The van der Waals surface area contributed by atoms with E-state index >= 15 is 0 Å². The maximum Gasteiger partial charge on any atom is 0.264 e. The van der Waals surface area contributed by atoms with Gasteiger partial charge in [0, 0.05) is 28.6 Å². The van der Waals surface area contributed by atoms with E-state index in [1.165, 1.54) is 23.5 Å². The molecule has 0 saturated carbocycles. The molecule has 2 aliphatic rings. The number of thiophene rings is 1. The van der Waals surface area contributed by atoms with Gasteiger partial charge in [0.25, 0.3) is 5.91 Å². The summed E-state index contributed by atoms with van der Waals surface area (Å²) < 4.78 is 16.3. The van der Waals surface area contributed by atoms with Crippen molar-refractivity contribution in [3.05, 3.63) is 58.7 Å². The number of fused-ring (bicyclic) bond motifs is 3. The molecule has 2 aliphatic heterocycles. The first-order valence-corrected chi connectivity index (χ1v) is 13.4. The van der Waals surface area contributed by atoms with Gasteiger partial charge in [-0.3, -0.25) is 4.79 Å². The van der Waals surface area contributed by atoms with Crippen LogP contribution in [0.2, 0.25) is 0 Å². The number of benzene rings is 2. The highest BCUT2D eigenvalue weighted by molar-refractivity contribution is 7.18. The largest absolute Gasteiger partial charge is 0.389 e. The van der Waals surface area contributed by atoms with E-state index < -0.39 is 11.4 Å². The molecule has 2 saturated heterocycles.